The van der Waals surface area contributed by atoms with Crippen LogP contribution in [-0.4, -0.2) is 56.7 Å². The molecule has 1 rings (SSSR count). The Morgan fingerprint density at radius 3 is 2.77 bits per heavy atom. The molecule has 0 aliphatic carbocycles. The van der Waals surface area contributed by atoms with Gasteiger partial charge in [-0.25, -0.2) is 12.7 Å². The lowest BCUT2D eigenvalue weighted by Crippen LogP contribution is -2.35. The van der Waals surface area contributed by atoms with Gasteiger partial charge in [0, 0.05) is 52.2 Å². The van der Waals surface area contributed by atoms with E-state index in [0.29, 0.717) is 26.1 Å². The van der Waals surface area contributed by atoms with Crippen molar-refractivity contribution in [1.29, 1.82) is 0 Å². The summed E-state index contributed by atoms with van der Waals surface area (Å²) in [5.74, 6) is -0.191. The van der Waals surface area contributed by atoms with Gasteiger partial charge >= 0.3 is 0 Å². The van der Waals surface area contributed by atoms with Gasteiger partial charge < -0.3 is 10.1 Å². The minimum atomic E-state index is -3.32. The molecule has 0 aliphatic rings. The fraction of sp³-hybridized carbons (Fsp3) is 0.571. The Bertz CT molecular complexity index is 548. The van der Waals surface area contributed by atoms with E-state index in [0.717, 1.165) is 11.8 Å². The van der Waals surface area contributed by atoms with Gasteiger partial charge in [-0.3, -0.25) is 9.78 Å². The maximum Gasteiger partial charge on any atom is 0.221 e. The molecule has 1 aromatic rings. The fourth-order valence-corrected chi connectivity index (χ4v) is 2.73. The van der Waals surface area contributed by atoms with E-state index >= 15 is 0 Å². The molecular weight excluding hydrogens is 306 g/mol. The van der Waals surface area contributed by atoms with Crippen LogP contribution in [0.3, 0.4) is 0 Å². The molecule has 0 bridgehead atoms. The summed E-state index contributed by atoms with van der Waals surface area (Å²) in [7, 11) is -1.75. The molecule has 8 heteroatoms. The van der Waals surface area contributed by atoms with E-state index in [4.69, 9.17) is 4.74 Å². The molecule has 0 radical (unpaired) electrons. The average molecular weight is 329 g/mol. The van der Waals surface area contributed by atoms with Crippen LogP contribution < -0.4 is 5.32 Å². The van der Waals surface area contributed by atoms with Crippen LogP contribution in [0, 0.1) is 0 Å². The van der Waals surface area contributed by atoms with Crippen LogP contribution in [0.2, 0.25) is 0 Å². The number of carbonyl (C=O) groups excluding carboxylic acids is 1. The lowest BCUT2D eigenvalue weighted by Gasteiger charge is -2.19. The summed E-state index contributed by atoms with van der Waals surface area (Å²) in [5.41, 5.74) is 0.899. The summed E-state index contributed by atoms with van der Waals surface area (Å²) in [4.78, 5) is 15.8. The number of amides is 1. The molecule has 0 saturated carbocycles. The van der Waals surface area contributed by atoms with Crippen LogP contribution in [0.4, 0.5) is 0 Å². The van der Waals surface area contributed by atoms with Crippen LogP contribution in [0.15, 0.2) is 24.5 Å². The van der Waals surface area contributed by atoms with E-state index in [9.17, 15) is 13.2 Å². The van der Waals surface area contributed by atoms with Crippen molar-refractivity contribution in [2.75, 3.05) is 33.1 Å². The third-order valence-electron chi connectivity index (χ3n) is 3.03. The summed E-state index contributed by atoms with van der Waals surface area (Å²) in [6.45, 7) is 1.39. The Morgan fingerprint density at radius 1 is 1.41 bits per heavy atom. The van der Waals surface area contributed by atoms with Crippen molar-refractivity contribution in [1.82, 2.24) is 14.6 Å². The molecule has 1 aromatic heterocycles. The Hall–Kier alpha value is -1.51. The monoisotopic (exact) mass is 329 g/mol. The number of hydrogen-bond acceptors (Lipinski definition) is 5. The highest BCUT2D eigenvalue weighted by Crippen LogP contribution is 2.02. The fourth-order valence-electron chi connectivity index (χ4n) is 1.85. The number of nitrogens with zero attached hydrogens (tertiary/aromatic N) is 2. The first kappa shape index (κ1) is 18.5. The quantitative estimate of drug-likeness (QED) is 0.627. The van der Waals surface area contributed by atoms with Crippen molar-refractivity contribution in [2.45, 2.75) is 19.4 Å². The van der Waals surface area contributed by atoms with Gasteiger partial charge in [-0.1, -0.05) is 6.07 Å². The van der Waals surface area contributed by atoms with E-state index in [-0.39, 0.29) is 18.9 Å². The van der Waals surface area contributed by atoms with Gasteiger partial charge in [0.1, 0.15) is 0 Å². The summed E-state index contributed by atoms with van der Waals surface area (Å²) in [5, 5.41) is 2.75. The molecule has 0 aromatic carbocycles. The zero-order chi connectivity index (χ0) is 16.4. The Kier molecular flexibility index (Phi) is 8.00. The lowest BCUT2D eigenvalue weighted by atomic mass is 10.3. The highest BCUT2D eigenvalue weighted by molar-refractivity contribution is 7.88. The smallest absolute Gasteiger partial charge is 0.221 e. The number of ether oxygens (including phenoxy) is 1. The largest absolute Gasteiger partial charge is 0.385 e. The number of carbonyl (C=O) groups is 1. The van der Waals surface area contributed by atoms with E-state index in [1.165, 1.54) is 4.31 Å². The highest BCUT2D eigenvalue weighted by Gasteiger charge is 2.17. The van der Waals surface area contributed by atoms with Gasteiger partial charge in [0.05, 0.1) is 6.26 Å². The van der Waals surface area contributed by atoms with Crippen molar-refractivity contribution in [3.63, 3.8) is 0 Å². The average Bonchev–Trinajstić information content (AvgIpc) is 2.48. The zero-order valence-electron chi connectivity index (χ0n) is 13.0. The van der Waals surface area contributed by atoms with Crippen LogP contribution in [0.1, 0.15) is 18.4 Å². The summed E-state index contributed by atoms with van der Waals surface area (Å²) < 4.78 is 29.5. The minimum Gasteiger partial charge on any atom is -0.385 e. The maximum atomic E-state index is 11.8. The van der Waals surface area contributed by atoms with Gasteiger partial charge in [-0.2, -0.15) is 0 Å². The number of methoxy groups -OCH3 is 1. The SMILES string of the molecule is COCCCN(CCC(=O)NCc1cccnc1)S(C)(=O)=O. The number of sulfonamides is 1. The Morgan fingerprint density at radius 2 is 2.18 bits per heavy atom. The van der Waals surface area contributed by atoms with Gasteiger partial charge in [0.2, 0.25) is 15.9 Å². The third kappa shape index (κ3) is 7.48. The first-order valence-electron chi connectivity index (χ1n) is 7.03. The van der Waals surface area contributed by atoms with Gasteiger partial charge in [0.25, 0.3) is 0 Å². The van der Waals surface area contributed by atoms with Crippen molar-refractivity contribution in [3.8, 4) is 0 Å². The van der Waals surface area contributed by atoms with Crippen LogP contribution in [0.25, 0.3) is 0 Å². The normalized spacial score (nSPS) is 11.6. The van der Waals surface area contributed by atoms with E-state index in [1.54, 1.807) is 25.6 Å². The standard InChI is InChI=1S/C14H23N3O4S/c1-21-10-4-8-17(22(2,19)20)9-6-14(18)16-12-13-5-3-7-15-11-13/h3,5,7,11H,4,6,8-10,12H2,1-2H3,(H,16,18). The molecule has 1 N–H and O–H groups in total. The highest BCUT2D eigenvalue weighted by atomic mass is 32.2. The van der Waals surface area contributed by atoms with Crippen LogP contribution >= 0.6 is 0 Å². The molecule has 0 saturated heterocycles. The first-order valence-corrected chi connectivity index (χ1v) is 8.88. The van der Waals surface area contributed by atoms with Crippen LogP contribution in [-0.2, 0) is 26.1 Å². The Balaban J connectivity index is 2.38. The third-order valence-corrected chi connectivity index (χ3v) is 4.33. The Labute approximate surface area is 131 Å². The van der Waals surface area contributed by atoms with Crippen LogP contribution in [0.5, 0.6) is 0 Å². The molecule has 0 fully saturated rings. The number of rotatable bonds is 10. The predicted molar refractivity (Wildman–Crippen MR) is 83.6 cm³/mol. The zero-order valence-corrected chi connectivity index (χ0v) is 13.8. The molecule has 0 aliphatic heterocycles. The number of aromatic nitrogens is 1. The second-order valence-electron chi connectivity index (χ2n) is 4.90. The van der Waals surface area contributed by atoms with E-state index in [1.807, 2.05) is 6.07 Å². The molecule has 1 amide bonds. The second kappa shape index (κ2) is 9.50. The molecule has 1 heterocycles. The summed E-state index contributed by atoms with van der Waals surface area (Å²) in [6, 6.07) is 3.66. The molecule has 0 spiro atoms. The number of pyridine rings is 1. The van der Waals surface area contributed by atoms with Gasteiger partial charge in [-0.05, 0) is 18.1 Å². The molecule has 0 unspecified atom stereocenters. The van der Waals surface area contributed by atoms with Crippen molar-refractivity contribution in [2.24, 2.45) is 0 Å². The molecule has 0 atom stereocenters. The minimum absolute atomic E-state index is 0.125. The summed E-state index contributed by atoms with van der Waals surface area (Å²) in [6.07, 6.45) is 5.21. The van der Waals surface area contributed by atoms with Crippen molar-refractivity contribution >= 4 is 15.9 Å². The van der Waals surface area contributed by atoms with Crippen molar-refractivity contribution in [3.05, 3.63) is 30.1 Å². The number of hydrogen-bond donors (Lipinski definition) is 1. The number of nitrogens with one attached hydrogen (secondary N) is 1. The molecular formula is C14H23N3O4S. The van der Waals surface area contributed by atoms with E-state index in [2.05, 4.69) is 10.3 Å². The van der Waals surface area contributed by atoms with Crippen molar-refractivity contribution < 1.29 is 17.9 Å². The topological polar surface area (TPSA) is 88.6 Å². The molecule has 22 heavy (non-hydrogen) atoms. The lowest BCUT2D eigenvalue weighted by molar-refractivity contribution is -0.121. The first-order chi connectivity index (χ1) is 10.4. The summed E-state index contributed by atoms with van der Waals surface area (Å²) >= 11 is 0. The van der Waals surface area contributed by atoms with Gasteiger partial charge in [-0.15, -0.1) is 0 Å². The molecule has 124 valence electrons. The molecule has 7 nitrogen and oxygen atoms in total. The predicted octanol–water partition coefficient (Wildman–Crippen LogP) is 0.386. The van der Waals surface area contributed by atoms with Gasteiger partial charge in [0.15, 0.2) is 0 Å². The maximum absolute atomic E-state index is 11.8. The van der Waals surface area contributed by atoms with E-state index < -0.39 is 10.0 Å². The second-order valence-corrected chi connectivity index (χ2v) is 6.88.